The molecule has 1 amide bonds. The molecule has 126 valence electrons. The molecule has 0 N–H and O–H groups in total. The van der Waals surface area contributed by atoms with Gasteiger partial charge in [-0.1, -0.05) is 44.1 Å². The number of rotatable bonds is 6. The quantitative estimate of drug-likeness (QED) is 0.757. The monoisotopic (exact) mass is 323 g/mol. The molecule has 1 aromatic heterocycles. The van der Waals surface area contributed by atoms with Gasteiger partial charge in [-0.15, -0.1) is 0 Å². The van der Waals surface area contributed by atoms with Crippen LogP contribution >= 0.6 is 0 Å². The number of hydrogen-bond donors (Lipinski definition) is 0. The van der Waals surface area contributed by atoms with Crippen molar-refractivity contribution >= 4 is 16.9 Å². The van der Waals surface area contributed by atoms with Crippen LogP contribution < -0.4 is 0 Å². The molecule has 24 heavy (non-hydrogen) atoms. The largest absolute Gasteiger partial charge is 0.331 e. The first-order valence-electron chi connectivity index (χ1n) is 9.19. The molecule has 1 fully saturated rings. The van der Waals surface area contributed by atoms with E-state index in [4.69, 9.17) is 4.98 Å². The molecule has 0 saturated heterocycles. The molecule has 2 aromatic rings. The highest BCUT2D eigenvalue weighted by Gasteiger charge is 2.31. The number of nitrogens with zero attached hydrogens (tertiary/aromatic N) is 3. The van der Waals surface area contributed by atoms with Crippen molar-refractivity contribution in [3.8, 4) is 0 Å². The fourth-order valence-corrected chi connectivity index (χ4v) is 3.66. The van der Waals surface area contributed by atoms with Gasteiger partial charge in [0.1, 0.15) is 12.4 Å². The van der Waals surface area contributed by atoms with Crippen LogP contribution in [0.2, 0.25) is 0 Å². The third-order valence-electron chi connectivity index (χ3n) is 5.15. The maximum absolute atomic E-state index is 13.0. The van der Waals surface area contributed by atoms with Gasteiger partial charge in [-0.2, -0.15) is 0 Å². The van der Waals surface area contributed by atoms with Crippen LogP contribution in [-0.2, 0) is 11.3 Å². The molecular formula is C20H25N3O. The van der Waals surface area contributed by atoms with Crippen LogP contribution in [-0.4, -0.2) is 32.9 Å². The predicted molar refractivity (Wildman–Crippen MR) is 95.9 cm³/mol. The Labute approximate surface area is 143 Å². The Bertz CT molecular complexity index is 772. The molecule has 1 aliphatic carbocycles. The van der Waals surface area contributed by atoms with Crippen molar-refractivity contribution in [1.29, 1.82) is 0 Å². The maximum Gasteiger partial charge on any atom is 0.243 e. The van der Waals surface area contributed by atoms with E-state index in [0.717, 1.165) is 29.8 Å². The van der Waals surface area contributed by atoms with E-state index in [9.17, 15) is 4.79 Å². The Morgan fingerprint density at radius 3 is 2.92 bits per heavy atom. The van der Waals surface area contributed by atoms with E-state index >= 15 is 0 Å². The van der Waals surface area contributed by atoms with Crippen molar-refractivity contribution in [2.45, 2.75) is 57.5 Å². The topological polar surface area (TPSA) is 38.1 Å². The Morgan fingerprint density at radius 2 is 2.12 bits per heavy atom. The molecule has 4 rings (SSSR count). The van der Waals surface area contributed by atoms with Crippen LogP contribution in [0.15, 0.2) is 36.4 Å². The molecule has 0 spiro atoms. The number of hydrogen-bond acceptors (Lipinski definition) is 2. The van der Waals surface area contributed by atoms with Gasteiger partial charge in [0.15, 0.2) is 0 Å². The summed E-state index contributed by atoms with van der Waals surface area (Å²) < 4.78 is 2.16. The van der Waals surface area contributed by atoms with Crippen molar-refractivity contribution in [3.05, 3.63) is 42.2 Å². The molecule has 1 saturated carbocycles. The van der Waals surface area contributed by atoms with Gasteiger partial charge in [-0.25, -0.2) is 4.98 Å². The van der Waals surface area contributed by atoms with Crippen molar-refractivity contribution in [3.63, 3.8) is 0 Å². The number of aromatic nitrogens is 2. The number of para-hydroxylation sites is 2. The molecule has 0 radical (unpaired) electrons. The van der Waals surface area contributed by atoms with Crippen LogP contribution in [0, 0.1) is 0 Å². The lowest BCUT2D eigenvalue weighted by Crippen LogP contribution is -2.38. The van der Waals surface area contributed by atoms with Crippen LogP contribution in [0.3, 0.4) is 0 Å². The number of carbonyl (C=O) groups excluding carboxylic acids is 1. The molecule has 0 unspecified atom stereocenters. The third-order valence-corrected chi connectivity index (χ3v) is 5.15. The average Bonchev–Trinajstić information content (AvgIpc) is 3.22. The Morgan fingerprint density at radius 1 is 1.29 bits per heavy atom. The summed E-state index contributed by atoms with van der Waals surface area (Å²) in [6.07, 6.45) is 10.1. The van der Waals surface area contributed by atoms with Gasteiger partial charge < -0.3 is 9.47 Å². The molecule has 4 heteroatoms. The van der Waals surface area contributed by atoms with Gasteiger partial charge in [-0.05, 0) is 31.4 Å². The second-order valence-corrected chi connectivity index (χ2v) is 7.00. The molecule has 1 atom stereocenters. The molecule has 4 nitrogen and oxygen atoms in total. The molecule has 2 aliphatic rings. The standard InChI is InChI=1S/C20H25N3O/c1-2-3-7-16-8-6-13-22(16)19(24)14-23-18-10-5-4-9-17(18)21-20(23)15-11-12-15/h4-6,8-10,15-16H,2-3,7,11-14H2,1H3/t16-/m0/s1. The van der Waals surface area contributed by atoms with Gasteiger partial charge in [0.2, 0.25) is 5.91 Å². The van der Waals surface area contributed by atoms with Crippen molar-refractivity contribution in [2.24, 2.45) is 0 Å². The lowest BCUT2D eigenvalue weighted by atomic mass is 10.1. The minimum Gasteiger partial charge on any atom is -0.331 e. The van der Waals surface area contributed by atoms with Gasteiger partial charge in [-0.3, -0.25) is 4.79 Å². The van der Waals surface area contributed by atoms with Crippen LogP contribution in [0.5, 0.6) is 0 Å². The fraction of sp³-hybridized carbons (Fsp3) is 0.500. The number of benzene rings is 1. The van der Waals surface area contributed by atoms with E-state index in [1.807, 2.05) is 23.1 Å². The maximum atomic E-state index is 13.0. The molecule has 1 aliphatic heterocycles. The highest BCUT2D eigenvalue weighted by Crippen LogP contribution is 2.40. The van der Waals surface area contributed by atoms with E-state index in [-0.39, 0.29) is 11.9 Å². The highest BCUT2D eigenvalue weighted by molar-refractivity contribution is 5.82. The van der Waals surface area contributed by atoms with Crippen LogP contribution in [0.4, 0.5) is 0 Å². The van der Waals surface area contributed by atoms with Crippen LogP contribution in [0.1, 0.15) is 50.8 Å². The molecule has 0 bridgehead atoms. The first kappa shape index (κ1) is 15.4. The molecule has 1 aromatic carbocycles. The summed E-state index contributed by atoms with van der Waals surface area (Å²) >= 11 is 0. The van der Waals surface area contributed by atoms with Gasteiger partial charge >= 0.3 is 0 Å². The summed E-state index contributed by atoms with van der Waals surface area (Å²) in [6, 6.07) is 8.45. The summed E-state index contributed by atoms with van der Waals surface area (Å²) in [5.74, 6) is 1.85. The van der Waals surface area contributed by atoms with E-state index in [1.165, 1.54) is 25.7 Å². The number of fused-ring (bicyclic) bond motifs is 1. The summed E-state index contributed by atoms with van der Waals surface area (Å²) in [6.45, 7) is 3.36. The Balaban J connectivity index is 1.57. The molecular weight excluding hydrogens is 298 g/mol. The number of carbonyl (C=O) groups is 1. The summed E-state index contributed by atoms with van der Waals surface area (Å²) in [4.78, 5) is 19.8. The van der Waals surface area contributed by atoms with E-state index in [2.05, 4.69) is 29.7 Å². The first-order valence-corrected chi connectivity index (χ1v) is 9.19. The van der Waals surface area contributed by atoms with Crippen molar-refractivity contribution in [2.75, 3.05) is 6.54 Å². The van der Waals surface area contributed by atoms with E-state index in [1.54, 1.807) is 0 Å². The first-order chi connectivity index (χ1) is 11.8. The summed E-state index contributed by atoms with van der Waals surface area (Å²) in [5, 5.41) is 0. The predicted octanol–water partition coefficient (Wildman–Crippen LogP) is 3.87. The van der Waals surface area contributed by atoms with Gasteiger partial charge in [0, 0.05) is 12.5 Å². The Kier molecular flexibility index (Phi) is 4.13. The average molecular weight is 323 g/mol. The minimum atomic E-state index is 0.214. The minimum absolute atomic E-state index is 0.214. The lowest BCUT2D eigenvalue weighted by Gasteiger charge is -2.25. The zero-order valence-corrected chi connectivity index (χ0v) is 14.3. The van der Waals surface area contributed by atoms with Gasteiger partial charge in [0.25, 0.3) is 0 Å². The summed E-state index contributed by atoms with van der Waals surface area (Å²) in [5.41, 5.74) is 2.10. The lowest BCUT2D eigenvalue weighted by molar-refractivity contribution is -0.132. The Hall–Kier alpha value is -2.10. The zero-order valence-electron chi connectivity index (χ0n) is 14.3. The van der Waals surface area contributed by atoms with Crippen molar-refractivity contribution in [1.82, 2.24) is 14.5 Å². The smallest absolute Gasteiger partial charge is 0.243 e. The van der Waals surface area contributed by atoms with Crippen molar-refractivity contribution < 1.29 is 4.79 Å². The highest BCUT2D eigenvalue weighted by atomic mass is 16.2. The SMILES string of the molecule is CCCC[C@H]1C=CCN1C(=O)Cn1c(C2CC2)nc2ccccc21. The number of imidazole rings is 1. The molecule has 2 heterocycles. The fourth-order valence-electron chi connectivity index (χ4n) is 3.66. The number of unbranched alkanes of at least 4 members (excludes halogenated alkanes) is 1. The normalized spacial score (nSPS) is 20.2. The van der Waals surface area contributed by atoms with Crippen LogP contribution in [0.25, 0.3) is 11.0 Å². The second kappa shape index (κ2) is 6.42. The van der Waals surface area contributed by atoms with E-state index < -0.39 is 0 Å². The summed E-state index contributed by atoms with van der Waals surface area (Å²) in [7, 11) is 0. The third kappa shape index (κ3) is 2.85. The van der Waals surface area contributed by atoms with Gasteiger partial charge in [0.05, 0.1) is 17.1 Å². The zero-order chi connectivity index (χ0) is 16.5. The number of amides is 1. The second-order valence-electron chi connectivity index (χ2n) is 7.00. The van der Waals surface area contributed by atoms with E-state index in [0.29, 0.717) is 12.5 Å².